The van der Waals surface area contributed by atoms with Crippen molar-refractivity contribution in [3.8, 4) is 11.8 Å². The van der Waals surface area contributed by atoms with E-state index < -0.39 is 17.9 Å². The van der Waals surface area contributed by atoms with Gasteiger partial charge in [-0.25, -0.2) is 14.0 Å². The Morgan fingerprint density at radius 2 is 2.15 bits per heavy atom. The summed E-state index contributed by atoms with van der Waals surface area (Å²) in [7, 11) is 0. The molecule has 1 atom stereocenters. The lowest BCUT2D eigenvalue weighted by atomic mass is 10.1. The second-order valence-electron chi connectivity index (χ2n) is 5.88. The fourth-order valence-corrected chi connectivity index (χ4v) is 2.56. The highest BCUT2D eigenvalue weighted by Gasteiger charge is 2.24. The molecule has 140 valence electrons. The number of carbonyl (C=O) groups excluding carboxylic acids is 2. The van der Waals surface area contributed by atoms with Crippen molar-refractivity contribution in [3.05, 3.63) is 29.6 Å². The molecule has 6 nitrogen and oxygen atoms in total. The number of nitrogens with zero attached hydrogens (tertiary/aromatic N) is 2. The van der Waals surface area contributed by atoms with Crippen LogP contribution in [0.2, 0.25) is 0 Å². The number of hydrogen-bond acceptors (Lipinski definition) is 4. The molecule has 1 aromatic carbocycles. The van der Waals surface area contributed by atoms with Crippen LogP contribution in [0, 0.1) is 17.7 Å². The van der Waals surface area contributed by atoms with Gasteiger partial charge in [-0.05, 0) is 38.2 Å². The number of nitrogens with one attached hydrogen (secondary N) is 1. The maximum Gasteiger partial charge on any atom is 0.342 e. The molecule has 7 heteroatoms. The summed E-state index contributed by atoms with van der Waals surface area (Å²) in [4.78, 5) is 27.6. The van der Waals surface area contributed by atoms with Crippen molar-refractivity contribution in [1.29, 1.82) is 0 Å². The number of ether oxygens (including phenoxy) is 1. The minimum atomic E-state index is -0.798. The molecule has 1 aromatic rings. The van der Waals surface area contributed by atoms with E-state index in [2.05, 4.69) is 22.1 Å². The topological polar surface area (TPSA) is 61.9 Å². The largest absolute Gasteiger partial charge is 0.446 e. The van der Waals surface area contributed by atoms with E-state index in [4.69, 9.17) is 4.74 Å². The zero-order valence-corrected chi connectivity index (χ0v) is 15.3. The van der Waals surface area contributed by atoms with Crippen LogP contribution >= 0.6 is 0 Å². The molecule has 0 spiro atoms. The van der Waals surface area contributed by atoms with E-state index in [1.165, 1.54) is 17.0 Å². The molecular weight excluding hydrogens is 337 g/mol. The summed E-state index contributed by atoms with van der Waals surface area (Å²) in [5, 5.41) is 2.66. The first-order chi connectivity index (χ1) is 12.5. The first kappa shape index (κ1) is 19.7. The minimum absolute atomic E-state index is 0.209. The monoisotopic (exact) mass is 361 g/mol. The lowest BCUT2D eigenvalue weighted by molar-refractivity contribution is 0.0433. The zero-order chi connectivity index (χ0) is 19.1. The maximum absolute atomic E-state index is 14.0. The Balaban J connectivity index is 2.04. The molecule has 1 aliphatic heterocycles. The summed E-state index contributed by atoms with van der Waals surface area (Å²) >= 11 is 0. The summed E-state index contributed by atoms with van der Waals surface area (Å²) in [5.74, 6) is 4.32. The van der Waals surface area contributed by atoms with Crippen molar-refractivity contribution in [2.24, 2.45) is 0 Å². The highest BCUT2D eigenvalue weighted by molar-refractivity contribution is 5.96. The standard InChI is InChI=1S/C19H24FN3O3/c1-4-22(5-2)11-6-7-14(3)26-18(24)16-13-15(8-9-17(16)20)23-12-10-21-19(23)25/h8-9,13-14H,4-5,10-12H2,1-3H3,(H,21,25). The third kappa shape index (κ3) is 4.96. The van der Waals surface area contributed by atoms with Gasteiger partial charge in [0.1, 0.15) is 5.82 Å². The van der Waals surface area contributed by atoms with Crippen molar-refractivity contribution in [2.75, 3.05) is 37.6 Å². The van der Waals surface area contributed by atoms with E-state index in [1.807, 2.05) is 13.8 Å². The number of halogens is 1. The van der Waals surface area contributed by atoms with Gasteiger partial charge in [-0.2, -0.15) is 0 Å². The number of esters is 1. The fraction of sp³-hybridized carbons (Fsp3) is 0.474. The summed E-state index contributed by atoms with van der Waals surface area (Å²) < 4.78 is 19.3. The highest BCUT2D eigenvalue weighted by Crippen LogP contribution is 2.21. The van der Waals surface area contributed by atoms with Gasteiger partial charge in [0.2, 0.25) is 0 Å². The van der Waals surface area contributed by atoms with E-state index in [9.17, 15) is 14.0 Å². The average molecular weight is 361 g/mol. The fourth-order valence-electron chi connectivity index (χ4n) is 2.56. The summed E-state index contributed by atoms with van der Waals surface area (Å²) in [6.45, 7) is 9.08. The molecule has 2 rings (SSSR count). The normalized spacial score (nSPS) is 14.7. The van der Waals surface area contributed by atoms with Crippen molar-refractivity contribution in [1.82, 2.24) is 10.2 Å². The molecule has 0 aromatic heterocycles. The van der Waals surface area contributed by atoms with Gasteiger partial charge in [-0.3, -0.25) is 9.80 Å². The number of benzene rings is 1. The Morgan fingerprint density at radius 3 is 2.77 bits per heavy atom. The summed E-state index contributed by atoms with van der Waals surface area (Å²) in [6, 6.07) is 3.68. The zero-order valence-electron chi connectivity index (χ0n) is 15.3. The van der Waals surface area contributed by atoms with E-state index in [0.717, 1.165) is 19.2 Å². The third-order valence-electron chi connectivity index (χ3n) is 4.12. The van der Waals surface area contributed by atoms with Gasteiger partial charge in [0, 0.05) is 18.8 Å². The molecule has 26 heavy (non-hydrogen) atoms. The smallest absolute Gasteiger partial charge is 0.342 e. The van der Waals surface area contributed by atoms with Gasteiger partial charge in [-0.15, -0.1) is 0 Å². The molecule has 0 radical (unpaired) electrons. The van der Waals surface area contributed by atoms with Crippen LogP contribution in [0.15, 0.2) is 18.2 Å². The number of rotatable bonds is 6. The highest BCUT2D eigenvalue weighted by atomic mass is 19.1. The van der Waals surface area contributed by atoms with E-state index in [1.54, 1.807) is 6.92 Å². The number of anilines is 1. The predicted molar refractivity (Wildman–Crippen MR) is 97.6 cm³/mol. The molecule has 1 unspecified atom stereocenters. The van der Waals surface area contributed by atoms with Crippen LogP contribution in [-0.2, 0) is 4.74 Å². The molecule has 1 N–H and O–H groups in total. The molecular formula is C19H24FN3O3. The van der Waals surface area contributed by atoms with Crippen LogP contribution in [-0.4, -0.2) is 55.7 Å². The van der Waals surface area contributed by atoms with Gasteiger partial charge >= 0.3 is 12.0 Å². The minimum Gasteiger partial charge on any atom is -0.446 e. The van der Waals surface area contributed by atoms with Crippen molar-refractivity contribution in [2.45, 2.75) is 26.9 Å². The van der Waals surface area contributed by atoms with Gasteiger partial charge < -0.3 is 10.1 Å². The van der Waals surface area contributed by atoms with Crippen LogP contribution in [0.4, 0.5) is 14.9 Å². The van der Waals surface area contributed by atoms with Gasteiger partial charge in [0.15, 0.2) is 6.10 Å². The number of hydrogen-bond donors (Lipinski definition) is 1. The lowest BCUT2D eigenvalue weighted by Crippen LogP contribution is -2.28. The Bertz CT molecular complexity index is 722. The number of amides is 2. The second kappa shape index (κ2) is 9.20. The van der Waals surface area contributed by atoms with Gasteiger partial charge in [-0.1, -0.05) is 25.7 Å². The lowest BCUT2D eigenvalue weighted by Gasteiger charge is -2.16. The van der Waals surface area contributed by atoms with Gasteiger partial charge in [0.05, 0.1) is 12.1 Å². The Labute approximate surface area is 153 Å². The van der Waals surface area contributed by atoms with E-state index in [0.29, 0.717) is 25.3 Å². The maximum atomic E-state index is 14.0. The first-order valence-corrected chi connectivity index (χ1v) is 8.72. The molecule has 0 bridgehead atoms. The second-order valence-corrected chi connectivity index (χ2v) is 5.88. The predicted octanol–water partition coefficient (Wildman–Crippen LogP) is 2.25. The molecule has 0 aliphatic carbocycles. The number of carbonyl (C=O) groups is 2. The van der Waals surface area contributed by atoms with E-state index >= 15 is 0 Å². The average Bonchev–Trinajstić information content (AvgIpc) is 3.05. The molecule has 1 heterocycles. The third-order valence-corrected chi connectivity index (χ3v) is 4.12. The molecule has 1 fully saturated rings. The van der Waals surface area contributed by atoms with Crippen LogP contribution < -0.4 is 10.2 Å². The molecule has 0 saturated carbocycles. The van der Waals surface area contributed by atoms with Crippen LogP contribution in [0.3, 0.4) is 0 Å². The van der Waals surface area contributed by atoms with Crippen molar-refractivity contribution < 1.29 is 18.7 Å². The summed E-state index contributed by atoms with van der Waals surface area (Å²) in [5.41, 5.74) is 0.244. The van der Waals surface area contributed by atoms with Crippen molar-refractivity contribution >= 4 is 17.7 Å². The number of urea groups is 1. The first-order valence-electron chi connectivity index (χ1n) is 8.72. The Kier molecular flexibility index (Phi) is 6.98. The SMILES string of the molecule is CCN(CC)CC#CC(C)OC(=O)c1cc(N2CCNC2=O)ccc1F. The van der Waals surface area contributed by atoms with Gasteiger partial charge in [0.25, 0.3) is 0 Å². The van der Waals surface area contributed by atoms with Crippen molar-refractivity contribution in [3.63, 3.8) is 0 Å². The summed E-state index contributed by atoms with van der Waals surface area (Å²) in [6.07, 6.45) is -0.656. The Morgan fingerprint density at radius 1 is 1.42 bits per heavy atom. The van der Waals surface area contributed by atoms with Crippen LogP contribution in [0.25, 0.3) is 0 Å². The Hall–Kier alpha value is -2.59. The molecule has 2 amide bonds. The van der Waals surface area contributed by atoms with E-state index in [-0.39, 0.29) is 11.6 Å². The molecule has 1 saturated heterocycles. The van der Waals surface area contributed by atoms with Crippen LogP contribution in [0.1, 0.15) is 31.1 Å². The quantitative estimate of drug-likeness (QED) is 0.624. The molecule has 1 aliphatic rings. The van der Waals surface area contributed by atoms with Crippen LogP contribution in [0.5, 0.6) is 0 Å².